The third-order valence-electron chi connectivity index (χ3n) is 3.85. The Morgan fingerprint density at radius 3 is 2.40 bits per heavy atom. The average molecular weight is 276 g/mol. The molecule has 6 heteroatoms. The summed E-state index contributed by atoms with van der Waals surface area (Å²) in [5, 5.41) is 2.79. The molecule has 1 aromatic heterocycles. The highest BCUT2D eigenvalue weighted by molar-refractivity contribution is 6.46. The molecule has 0 atom stereocenters. The van der Waals surface area contributed by atoms with Crippen molar-refractivity contribution in [3.63, 3.8) is 0 Å². The van der Waals surface area contributed by atoms with Crippen LogP contribution in [0.5, 0.6) is 0 Å². The number of nitrogens with one attached hydrogen (secondary N) is 1. The fourth-order valence-electron chi connectivity index (χ4n) is 1.98. The molecule has 1 aromatic rings. The number of rotatable bonds is 3. The van der Waals surface area contributed by atoms with E-state index < -0.39 is 7.12 Å². The molecule has 0 radical (unpaired) electrons. The third-order valence-corrected chi connectivity index (χ3v) is 3.85. The van der Waals surface area contributed by atoms with E-state index in [9.17, 15) is 4.79 Å². The number of aryl methyl sites for hydroxylation is 1. The second-order valence-corrected chi connectivity index (χ2v) is 6.06. The van der Waals surface area contributed by atoms with E-state index in [-0.39, 0.29) is 17.1 Å². The summed E-state index contributed by atoms with van der Waals surface area (Å²) in [4.78, 5) is 16.2. The van der Waals surface area contributed by atoms with Gasteiger partial charge in [0.25, 0.3) is 5.91 Å². The molecule has 0 spiro atoms. The summed E-state index contributed by atoms with van der Waals surface area (Å²) < 4.78 is 11.6. The number of nitrogens with zero attached hydrogens (tertiary/aromatic N) is 1. The van der Waals surface area contributed by atoms with Crippen LogP contribution in [0.3, 0.4) is 0 Å². The first kappa shape index (κ1) is 15.0. The van der Waals surface area contributed by atoms with Gasteiger partial charge in [0.2, 0.25) is 0 Å². The maximum absolute atomic E-state index is 12.0. The van der Waals surface area contributed by atoms with E-state index in [4.69, 9.17) is 9.31 Å². The van der Waals surface area contributed by atoms with Crippen molar-refractivity contribution in [2.24, 2.45) is 0 Å². The second-order valence-electron chi connectivity index (χ2n) is 6.06. The minimum atomic E-state index is -0.436. The van der Waals surface area contributed by atoms with Gasteiger partial charge in [-0.2, -0.15) is 0 Å². The molecule has 1 fully saturated rings. The maximum Gasteiger partial charge on any atom is 0.478 e. The molecule has 2 heterocycles. The summed E-state index contributed by atoms with van der Waals surface area (Å²) in [6, 6.07) is 5.35. The summed E-state index contributed by atoms with van der Waals surface area (Å²) >= 11 is 0. The standard InChI is InChI=1S/C14H21BN2O3/c1-10-7-6-8-11(17-10)12(18)16-9-15-19-13(2,3)14(4,5)20-15/h6-8H,9H2,1-5H3,(H,16,18). The van der Waals surface area contributed by atoms with Crippen molar-refractivity contribution in [2.45, 2.75) is 45.8 Å². The van der Waals surface area contributed by atoms with Gasteiger partial charge in [0.15, 0.2) is 0 Å². The van der Waals surface area contributed by atoms with Crippen molar-refractivity contribution >= 4 is 13.0 Å². The summed E-state index contributed by atoms with van der Waals surface area (Å²) in [6.07, 6.45) is 0.307. The molecule has 1 aliphatic rings. The van der Waals surface area contributed by atoms with Gasteiger partial charge in [-0.15, -0.1) is 0 Å². The normalized spacial score (nSPS) is 19.9. The zero-order valence-electron chi connectivity index (χ0n) is 12.7. The fourth-order valence-corrected chi connectivity index (χ4v) is 1.98. The average Bonchev–Trinajstić information content (AvgIpc) is 2.55. The largest absolute Gasteiger partial charge is 0.478 e. The predicted octanol–water partition coefficient (Wildman–Crippen LogP) is 1.75. The van der Waals surface area contributed by atoms with Crippen molar-refractivity contribution in [3.05, 3.63) is 29.6 Å². The van der Waals surface area contributed by atoms with Gasteiger partial charge < -0.3 is 14.6 Å². The van der Waals surface area contributed by atoms with Gasteiger partial charge in [-0.05, 0) is 46.8 Å². The van der Waals surface area contributed by atoms with E-state index in [1.54, 1.807) is 6.07 Å². The summed E-state index contributed by atoms with van der Waals surface area (Å²) in [5.41, 5.74) is 0.448. The van der Waals surface area contributed by atoms with E-state index >= 15 is 0 Å². The SMILES string of the molecule is Cc1cccc(C(=O)NCB2OC(C)(C)C(C)(C)O2)n1. The van der Waals surface area contributed by atoms with Crippen molar-refractivity contribution < 1.29 is 14.1 Å². The molecule has 0 saturated carbocycles. The molecule has 0 aromatic carbocycles. The predicted molar refractivity (Wildman–Crippen MR) is 77.4 cm³/mol. The number of carbonyl (C=O) groups is 1. The summed E-state index contributed by atoms with van der Waals surface area (Å²) in [6.45, 7) is 9.78. The van der Waals surface area contributed by atoms with E-state index in [1.165, 1.54) is 0 Å². The lowest BCUT2D eigenvalue weighted by molar-refractivity contribution is 0.00578. The smallest absolute Gasteiger partial charge is 0.402 e. The Hall–Kier alpha value is -1.40. The lowest BCUT2D eigenvalue weighted by atomic mass is 9.90. The maximum atomic E-state index is 12.0. The molecule has 1 saturated heterocycles. The van der Waals surface area contributed by atoms with Crippen LogP contribution in [-0.4, -0.2) is 35.7 Å². The van der Waals surface area contributed by atoms with E-state index in [1.807, 2.05) is 46.8 Å². The van der Waals surface area contributed by atoms with Gasteiger partial charge in [0.05, 0.1) is 17.6 Å². The highest BCUT2D eigenvalue weighted by Gasteiger charge is 2.50. The first-order valence-electron chi connectivity index (χ1n) is 6.79. The van der Waals surface area contributed by atoms with Gasteiger partial charge in [0, 0.05) is 5.69 Å². The Balaban J connectivity index is 1.92. The Morgan fingerprint density at radius 2 is 1.85 bits per heavy atom. The van der Waals surface area contributed by atoms with Crippen LogP contribution < -0.4 is 5.32 Å². The monoisotopic (exact) mass is 276 g/mol. The highest BCUT2D eigenvalue weighted by Crippen LogP contribution is 2.36. The van der Waals surface area contributed by atoms with Crippen LogP contribution in [0.15, 0.2) is 18.2 Å². The van der Waals surface area contributed by atoms with Gasteiger partial charge in [0.1, 0.15) is 5.69 Å². The molecule has 108 valence electrons. The lowest BCUT2D eigenvalue weighted by Crippen LogP contribution is -2.41. The summed E-state index contributed by atoms with van der Waals surface area (Å²) in [7, 11) is -0.436. The van der Waals surface area contributed by atoms with Gasteiger partial charge >= 0.3 is 7.12 Å². The Kier molecular flexibility index (Phi) is 3.89. The van der Waals surface area contributed by atoms with E-state index in [0.29, 0.717) is 12.1 Å². The van der Waals surface area contributed by atoms with Gasteiger partial charge in [-0.1, -0.05) is 6.07 Å². The quantitative estimate of drug-likeness (QED) is 0.854. The van der Waals surface area contributed by atoms with E-state index in [0.717, 1.165) is 5.69 Å². The molecule has 1 amide bonds. The first-order valence-corrected chi connectivity index (χ1v) is 6.79. The van der Waals surface area contributed by atoms with E-state index in [2.05, 4.69) is 10.3 Å². The zero-order chi connectivity index (χ0) is 15.0. The molecule has 0 bridgehead atoms. The van der Waals surface area contributed by atoms with Crippen LogP contribution in [0.4, 0.5) is 0 Å². The van der Waals surface area contributed by atoms with Crippen molar-refractivity contribution in [1.29, 1.82) is 0 Å². The zero-order valence-corrected chi connectivity index (χ0v) is 12.7. The number of pyridine rings is 1. The third kappa shape index (κ3) is 3.02. The van der Waals surface area contributed by atoms with Crippen LogP contribution in [0.2, 0.25) is 0 Å². The fraction of sp³-hybridized carbons (Fsp3) is 0.571. The molecule has 0 aliphatic carbocycles. The van der Waals surface area contributed by atoms with Gasteiger partial charge in [-0.25, -0.2) is 4.98 Å². The lowest BCUT2D eigenvalue weighted by Gasteiger charge is -2.32. The van der Waals surface area contributed by atoms with Crippen LogP contribution in [-0.2, 0) is 9.31 Å². The van der Waals surface area contributed by atoms with Gasteiger partial charge in [-0.3, -0.25) is 4.79 Å². The molecule has 1 N–H and O–H groups in total. The van der Waals surface area contributed by atoms with Crippen molar-refractivity contribution in [1.82, 2.24) is 10.3 Å². The number of aromatic nitrogens is 1. The van der Waals surface area contributed by atoms with Crippen LogP contribution >= 0.6 is 0 Å². The minimum absolute atomic E-state index is 0.219. The molecule has 20 heavy (non-hydrogen) atoms. The number of hydrogen-bond donors (Lipinski definition) is 1. The Morgan fingerprint density at radius 1 is 1.25 bits per heavy atom. The molecule has 1 aliphatic heterocycles. The second kappa shape index (κ2) is 5.18. The molecule has 0 unspecified atom stereocenters. The minimum Gasteiger partial charge on any atom is -0.402 e. The number of hydrogen-bond acceptors (Lipinski definition) is 4. The summed E-state index contributed by atoms with van der Waals surface area (Å²) in [5.74, 6) is -0.219. The highest BCUT2D eigenvalue weighted by atomic mass is 16.7. The molecular weight excluding hydrogens is 255 g/mol. The van der Waals surface area contributed by atoms with Crippen LogP contribution in [0, 0.1) is 6.92 Å². The number of carbonyl (C=O) groups excluding carboxylic acids is 1. The molecule has 5 nitrogen and oxygen atoms in total. The molecule has 2 rings (SSSR count). The van der Waals surface area contributed by atoms with Crippen LogP contribution in [0.25, 0.3) is 0 Å². The van der Waals surface area contributed by atoms with Crippen molar-refractivity contribution in [2.75, 3.05) is 6.44 Å². The first-order chi connectivity index (χ1) is 9.21. The van der Waals surface area contributed by atoms with Crippen LogP contribution in [0.1, 0.15) is 43.9 Å². The Bertz CT molecular complexity index is 501. The Labute approximate surface area is 120 Å². The topological polar surface area (TPSA) is 60.5 Å². The molecular formula is C14H21BN2O3. The number of amides is 1. The van der Waals surface area contributed by atoms with Crippen molar-refractivity contribution in [3.8, 4) is 0 Å².